The zero-order chi connectivity index (χ0) is 13.8. The normalized spacial score (nSPS) is 16.2. The maximum absolute atomic E-state index is 11.3. The quantitative estimate of drug-likeness (QED) is 0.802. The number of carboxylic acid groups (broad SMARTS) is 1. The fourth-order valence-corrected chi connectivity index (χ4v) is 1.61. The van der Waals surface area contributed by atoms with Crippen LogP contribution in [0.25, 0.3) is 0 Å². The van der Waals surface area contributed by atoms with Crippen molar-refractivity contribution in [3.8, 4) is 0 Å². The van der Waals surface area contributed by atoms with E-state index in [1.165, 1.54) is 0 Å². The summed E-state index contributed by atoms with van der Waals surface area (Å²) >= 11 is 0. The summed E-state index contributed by atoms with van der Waals surface area (Å²) in [5.74, 6) is 0.452. The summed E-state index contributed by atoms with van der Waals surface area (Å²) in [7, 11) is 0. The number of aromatic nitrogens is 4. The van der Waals surface area contributed by atoms with E-state index < -0.39 is 11.4 Å². The lowest BCUT2D eigenvalue weighted by atomic mass is 9.87. The molecule has 2 unspecified atom stereocenters. The molecule has 0 radical (unpaired) electrons. The Morgan fingerprint density at radius 2 is 2.17 bits per heavy atom. The Morgan fingerprint density at radius 3 is 2.67 bits per heavy atom. The number of aliphatic carboxylic acids is 1. The minimum absolute atomic E-state index is 0.317. The summed E-state index contributed by atoms with van der Waals surface area (Å²) in [5.41, 5.74) is -0.820. The zero-order valence-corrected chi connectivity index (χ0v) is 11.6. The molecular weight excluding hydrogens is 232 g/mol. The zero-order valence-electron chi connectivity index (χ0n) is 11.6. The van der Waals surface area contributed by atoms with E-state index in [9.17, 15) is 9.90 Å². The largest absolute Gasteiger partial charge is 0.481 e. The van der Waals surface area contributed by atoms with Crippen molar-refractivity contribution in [3.63, 3.8) is 0 Å². The number of tetrazole rings is 1. The fraction of sp³-hybridized carbons (Fsp3) is 0.833. The summed E-state index contributed by atoms with van der Waals surface area (Å²) in [4.78, 5) is 11.3. The van der Waals surface area contributed by atoms with Crippen LogP contribution in [0.5, 0.6) is 0 Å². The van der Waals surface area contributed by atoms with Gasteiger partial charge in [-0.25, -0.2) is 4.68 Å². The van der Waals surface area contributed by atoms with Crippen molar-refractivity contribution >= 4 is 5.97 Å². The van der Waals surface area contributed by atoms with E-state index in [1.54, 1.807) is 11.6 Å². The Kier molecular flexibility index (Phi) is 4.81. The first-order chi connectivity index (χ1) is 8.42. The van der Waals surface area contributed by atoms with Crippen molar-refractivity contribution in [2.24, 2.45) is 11.3 Å². The highest BCUT2D eigenvalue weighted by Crippen LogP contribution is 2.24. The number of nitrogens with zero attached hydrogens (tertiary/aromatic N) is 4. The molecule has 1 N–H and O–H groups in total. The predicted molar refractivity (Wildman–Crippen MR) is 67.0 cm³/mol. The van der Waals surface area contributed by atoms with Crippen molar-refractivity contribution in [1.82, 2.24) is 20.2 Å². The van der Waals surface area contributed by atoms with E-state index in [0.29, 0.717) is 18.9 Å². The molecular formula is C12H22N4O2. The topological polar surface area (TPSA) is 80.9 Å². The van der Waals surface area contributed by atoms with Gasteiger partial charge in [0, 0.05) is 6.42 Å². The molecule has 0 amide bonds. The third kappa shape index (κ3) is 3.27. The Morgan fingerprint density at radius 1 is 1.50 bits per heavy atom. The van der Waals surface area contributed by atoms with Crippen LogP contribution in [-0.2, 0) is 17.8 Å². The average Bonchev–Trinajstić information content (AvgIpc) is 2.75. The highest BCUT2D eigenvalue weighted by Gasteiger charge is 2.33. The highest BCUT2D eigenvalue weighted by molar-refractivity contribution is 5.73. The van der Waals surface area contributed by atoms with Crippen LogP contribution in [-0.4, -0.2) is 31.3 Å². The van der Waals surface area contributed by atoms with Gasteiger partial charge in [0.25, 0.3) is 0 Å². The van der Waals surface area contributed by atoms with E-state index in [2.05, 4.69) is 29.4 Å². The summed E-state index contributed by atoms with van der Waals surface area (Å²) in [6.07, 6.45) is 2.38. The molecule has 1 aromatic heterocycles. The van der Waals surface area contributed by atoms with Gasteiger partial charge >= 0.3 is 5.97 Å². The minimum atomic E-state index is -0.820. The molecule has 0 aromatic carbocycles. The third-order valence-electron chi connectivity index (χ3n) is 3.63. The van der Waals surface area contributed by atoms with E-state index in [4.69, 9.17) is 0 Å². The van der Waals surface area contributed by atoms with Crippen molar-refractivity contribution < 1.29 is 9.90 Å². The maximum Gasteiger partial charge on any atom is 0.311 e. The van der Waals surface area contributed by atoms with Crippen molar-refractivity contribution in [1.29, 1.82) is 0 Å². The van der Waals surface area contributed by atoms with Gasteiger partial charge in [-0.15, -0.1) is 5.10 Å². The second-order valence-corrected chi connectivity index (χ2v) is 5.19. The third-order valence-corrected chi connectivity index (χ3v) is 3.63. The molecule has 2 atom stereocenters. The number of carbonyl (C=O) groups is 1. The standard InChI is InChI=1S/C12H22N4O2/c1-5-9(3)7-10-13-14-15-16(10)8-12(4,6-2)11(17)18/h9H,5-8H2,1-4H3,(H,17,18). The molecule has 0 fully saturated rings. The van der Waals surface area contributed by atoms with E-state index in [1.807, 2.05) is 6.92 Å². The molecule has 18 heavy (non-hydrogen) atoms. The van der Waals surface area contributed by atoms with Crippen LogP contribution in [0.15, 0.2) is 0 Å². The molecule has 102 valence electrons. The van der Waals surface area contributed by atoms with E-state index >= 15 is 0 Å². The smallest absolute Gasteiger partial charge is 0.311 e. The lowest BCUT2D eigenvalue weighted by molar-refractivity contribution is -0.149. The molecule has 1 heterocycles. The summed E-state index contributed by atoms with van der Waals surface area (Å²) in [6.45, 7) is 8.16. The van der Waals surface area contributed by atoms with Crippen molar-refractivity contribution in [2.75, 3.05) is 0 Å². The number of carboxylic acids is 1. The second kappa shape index (κ2) is 5.93. The van der Waals surface area contributed by atoms with Crippen LogP contribution in [0.1, 0.15) is 46.4 Å². The van der Waals surface area contributed by atoms with E-state index in [-0.39, 0.29) is 0 Å². The molecule has 0 aliphatic carbocycles. The molecule has 0 aliphatic heterocycles. The molecule has 0 aliphatic rings. The number of hydrogen-bond acceptors (Lipinski definition) is 4. The van der Waals surface area contributed by atoms with Crippen LogP contribution >= 0.6 is 0 Å². The van der Waals surface area contributed by atoms with Gasteiger partial charge in [0.2, 0.25) is 0 Å². The lowest BCUT2D eigenvalue weighted by Crippen LogP contribution is -2.33. The minimum Gasteiger partial charge on any atom is -0.481 e. The molecule has 0 saturated carbocycles. The van der Waals surface area contributed by atoms with Gasteiger partial charge in [-0.1, -0.05) is 27.2 Å². The first-order valence-electron chi connectivity index (χ1n) is 6.41. The summed E-state index contributed by atoms with van der Waals surface area (Å²) in [5, 5.41) is 20.8. The van der Waals surface area contributed by atoms with Crippen LogP contribution in [0.3, 0.4) is 0 Å². The fourth-order valence-electron chi connectivity index (χ4n) is 1.61. The molecule has 6 nitrogen and oxygen atoms in total. The molecule has 1 rings (SSSR count). The molecule has 0 spiro atoms. The molecule has 1 aromatic rings. The number of hydrogen-bond donors (Lipinski definition) is 1. The Balaban J connectivity index is 2.85. The van der Waals surface area contributed by atoms with Gasteiger partial charge in [0.05, 0.1) is 12.0 Å². The van der Waals surface area contributed by atoms with E-state index in [0.717, 1.165) is 18.7 Å². The molecule has 0 saturated heterocycles. The Bertz CT molecular complexity index is 405. The van der Waals surface area contributed by atoms with Gasteiger partial charge in [0.15, 0.2) is 5.82 Å². The first-order valence-corrected chi connectivity index (χ1v) is 6.41. The van der Waals surface area contributed by atoms with Gasteiger partial charge in [-0.2, -0.15) is 0 Å². The average molecular weight is 254 g/mol. The van der Waals surface area contributed by atoms with Crippen molar-refractivity contribution in [3.05, 3.63) is 5.82 Å². The maximum atomic E-state index is 11.3. The van der Waals surface area contributed by atoms with Gasteiger partial charge in [-0.05, 0) is 29.7 Å². The Hall–Kier alpha value is -1.46. The molecule has 0 bridgehead atoms. The Labute approximate surface area is 107 Å². The first kappa shape index (κ1) is 14.6. The molecule has 6 heteroatoms. The van der Waals surface area contributed by atoms with Crippen LogP contribution < -0.4 is 0 Å². The monoisotopic (exact) mass is 254 g/mol. The van der Waals surface area contributed by atoms with Crippen LogP contribution in [0, 0.1) is 11.3 Å². The highest BCUT2D eigenvalue weighted by atomic mass is 16.4. The van der Waals surface area contributed by atoms with Gasteiger partial charge in [0.1, 0.15) is 0 Å². The summed E-state index contributed by atoms with van der Waals surface area (Å²) in [6, 6.07) is 0. The number of rotatable bonds is 7. The SMILES string of the molecule is CCC(C)Cc1nnnn1CC(C)(CC)C(=O)O. The lowest BCUT2D eigenvalue weighted by Gasteiger charge is -2.23. The van der Waals surface area contributed by atoms with Crippen molar-refractivity contribution in [2.45, 2.75) is 53.5 Å². The second-order valence-electron chi connectivity index (χ2n) is 5.19. The summed E-state index contributed by atoms with van der Waals surface area (Å²) < 4.78 is 1.63. The van der Waals surface area contributed by atoms with Crippen LogP contribution in [0.2, 0.25) is 0 Å². The predicted octanol–water partition coefficient (Wildman–Crippen LogP) is 1.76. The van der Waals surface area contributed by atoms with Gasteiger partial charge < -0.3 is 5.11 Å². The van der Waals surface area contributed by atoms with Crippen LogP contribution in [0.4, 0.5) is 0 Å². The van der Waals surface area contributed by atoms with Gasteiger partial charge in [-0.3, -0.25) is 4.79 Å².